The summed E-state index contributed by atoms with van der Waals surface area (Å²) in [6.45, 7) is 3.77. The first-order valence-electron chi connectivity index (χ1n) is 21.4. The zero-order valence-corrected chi connectivity index (χ0v) is 34.4. The largest absolute Gasteiger partial charge is 0.481 e. The molecule has 2 amide bonds. The molecule has 61 heavy (non-hydrogen) atoms. The number of hydrogen-bond donors (Lipinski definition) is 11. The third-order valence-electron chi connectivity index (χ3n) is 15.8. The Morgan fingerprint density at radius 1 is 0.803 bits per heavy atom. The monoisotopic (exact) mass is 854 g/mol. The van der Waals surface area contributed by atoms with Gasteiger partial charge < -0.3 is 57.9 Å². The van der Waals surface area contributed by atoms with Gasteiger partial charge in [-0.15, -0.1) is 0 Å². The van der Waals surface area contributed by atoms with Gasteiger partial charge in [0.05, 0.1) is 12.5 Å². The van der Waals surface area contributed by atoms with E-state index in [-0.39, 0.29) is 94.7 Å². The first-order chi connectivity index (χ1) is 28.7. The van der Waals surface area contributed by atoms with Gasteiger partial charge in [0.25, 0.3) is 0 Å². The van der Waals surface area contributed by atoms with E-state index >= 15 is 0 Å². The summed E-state index contributed by atoms with van der Waals surface area (Å²) in [7, 11) is 0. The van der Waals surface area contributed by atoms with Gasteiger partial charge in [-0.2, -0.15) is 0 Å². The lowest BCUT2D eigenvalue weighted by Gasteiger charge is -2.42. The third kappa shape index (κ3) is 7.98. The van der Waals surface area contributed by atoms with Crippen molar-refractivity contribution in [2.24, 2.45) is 52.1 Å². The average molecular weight is 855 g/mol. The van der Waals surface area contributed by atoms with Gasteiger partial charge in [0.1, 0.15) is 5.66 Å². The van der Waals surface area contributed by atoms with Gasteiger partial charge in [-0.05, 0) is 61.3 Å². The topological polar surface area (TPSA) is 324 Å². The highest BCUT2D eigenvalue weighted by Crippen LogP contribution is 2.59. The second-order valence-electron chi connectivity index (χ2n) is 19.2. The van der Waals surface area contributed by atoms with Crippen molar-refractivity contribution in [1.82, 2.24) is 26.6 Å². The van der Waals surface area contributed by atoms with Crippen molar-refractivity contribution in [2.75, 3.05) is 0 Å². The van der Waals surface area contributed by atoms with Crippen LogP contribution in [-0.4, -0.2) is 109 Å². The molecule has 19 heteroatoms. The molecule has 7 rings (SSSR count). The molecule has 7 aliphatic rings. The molecule has 1 saturated carbocycles. The minimum Gasteiger partial charge on any atom is -0.481 e. The van der Waals surface area contributed by atoms with Crippen LogP contribution in [0.5, 0.6) is 0 Å². The number of Topliss-reactive ketones (excluding diaryl/α,β-unsaturated/α-hetero) is 1. The average Bonchev–Trinajstić information content (AvgIpc) is 3.83. The van der Waals surface area contributed by atoms with E-state index in [0.717, 1.165) is 0 Å². The van der Waals surface area contributed by atoms with Crippen molar-refractivity contribution in [1.29, 1.82) is 0 Å². The number of primary amides is 1. The van der Waals surface area contributed by atoms with Crippen LogP contribution in [0.3, 0.4) is 0 Å². The van der Waals surface area contributed by atoms with Crippen molar-refractivity contribution in [3.63, 3.8) is 0 Å². The van der Waals surface area contributed by atoms with Gasteiger partial charge in [-0.1, -0.05) is 13.8 Å². The molecule has 3 unspecified atom stereocenters. The predicted octanol–water partition coefficient (Wildman–Crippen LogP) is 0.882. The van der Waals surface area contributed by atoms with Gasteiger partial charge in [0.15, 0.2) is 5.78 Å². The fourth-order valence-corrected chi connectivity index (χ4v) is 13.2. The number of nitrogens with one attached hydrogen (secondary N) is 5. The van der Waals surface area contributed by atoms with Crippen LogP contribution in [0.15, 0.2) is 23.0 Å². The predicted molar refractivity (Wildman–Crippen MR) is 212 cm³/mol. The van der Waals surface area contributed by atoms with Gasteiger partial charge in [-0.3, -0.25) is 38.4 Å². The van der Waals surface area contributed by atoms with E-state index in [9.17, 15) is 63.9 Å². The number of carbonyl (C=O) groups is 8. The summed E-state index contributed by atoms with van der Waals surface area (Å²) in [5.41, 5.74) is 4.02. The number of carboxylic acids is 5. The van der Waals surface area contributed by atoms with Crippen LogP contribution >= 0.6 is 0 Å². The van der Waals surface area contributed by atoms with Crippen molar-refractivity contribution >= 4 is 47.4 Å². The van der Waals surface area contributed by atoms with E-state index < -0.39 is 118 Å². The Morgan fingerprint density at radius 3 is 2.08 bits per heavy atom. The number of carbonyl (C=O) groups excluding carboxylic acids is 3. The molecule has 0 aromatic carbocycles. The van der Waals surface area contributed by atoms with E-state index in [1.807, 2.05) is 13.8 Å². The molecular weight excluding hydrogens is 796 g/mol. The van der Waals surface area contributed by atoms with E-state index in [0.29, 0.717) is 23.4 Å². The van der Waals surface area contributed by atoms with E-state index in [1.54, 1.807) is 6.08 Å². The van der Waals surface area contributed by atoms with Crippen LogP contribution in [0.25, 0.3) is 0 Å². The zero-order chi connectivity index (χ0) is 44.3. The van der Waals surface area contributed by atoms with Crippen LogP contribution in [-0.2, 0) is 38.4 Å². The van der Waals surface area contributed by atoms with Crippen LogP contribution in [0.2, 0.25) is 0 Å². The van der Waals surface area contributed by atoms with E-state index in [2.05, 4.69) is 26.6 Å². The maximum absolute atomic E-state index is 14.3. The highest BCUT2D eigenvalue weighted by molar-refractivity contribution is 5.98. The maximum Gasteiger partial charge on any atom is 0.303 e. The van der Waals surface area contributed by atoms with Crippen LogP contribution in [0.4, 0.5) is 0 Å². The molecule has 19 nitrogen and oxygen atoms in total. The first kappa shape index (κ1) is 44.0. The molecule has 1 spiro atoms. The molecule has 5 saturated heterocycles. The number of amides is 2. The summed E-state index contributed by atoms with van der Waals surface area (Å²) in [4.78, 5) is 102. The van der Waals surface area contributed by atoms with Gasteiger partial charge in [-0.25, -0.2) is 0 Å². The van der Waals surface area contributed by atoms with E-state index in [1.165, 1.54) is 0 Å². The van der Waals surface area contributed by atoms with Crippen molar-refractivity contribution < 1.29 is 63.9 Å². The number of aliphatic carboxylic acids is 5. The molecule has 6 fully saturated rings. The molecule has 14 atom stereocenters. The fraction of sp³-hybridized carbons (Fsp3) is 0.714. The number of carboxylic acid groups (broad SMARTS) is 5. The van der Waals surface area contributed by atoms with Crippen LogP contribution in [0.1, 0.15) is 104 Å². The number of hydrogen-bond acceptors (Lipinski definition) is 12. The molecule has 6 aliphatic heterocycles. The Kier molecular flexibility index (Phi) is 11.8. The molecule has 12 N–H and O–H groups in total. The number of rotatable bonds is 15. The smallest absolute Gasteiger partial charge is 0.303 e. The van der Waals surface area contributed by atoms with Gasteiger partial charge in [0, 0.05) is 116 Å². The highest BCUT2D eigenvalue weighted by atomic mass is 16.4. The highest BCUT2D eigenvalue weighted by Gasteiger charge is 2.67. The molecule has 1 aliphatic carbocycles. The van der Waals surface area contributed by atoms with Crippen LogP contribution < -0.4 is 32.3 Å². The lowest BCUT2D eigenvalue weighted by molar-refractivity contribution is -0.139. The Morgan fingerprint density at radius 2 is 1.44 bits per heavy atom. The summed E-state index contributed by atoms with van der Waals surface area (Å²) in [6, 6.07) is -3.12. The van der Waals surface area contributed by atoms with E-state index in [4.69, 9.17) is 5.73 Å². The molecule has 8 bridgehead atoms. The van der Waals surface area contributed by atoms with Gasteiger partial charge in [0.2, 0.25) is 11.8 Å². The van der Waals surface area contributed by atoms with Crippen LogP contribution in [0, 0.1) is 46.3 Å². The SMILES string of the molecule is C[C@@]12CC(=O)N[C@@]13C[C@@H]1NC(C[C@H]4NC5C(=C6NC(/C=C(\N3)[C@H]2CCC(=O)O)[C@@H](CC(=O)O)[C@@H]6CCC(=O)O)C(=O)CC[C@H]5[C@@H]4CC(=O)O)[C@@](C)(CC(N)=O)[C@@H]1CCC(=O)O. The number of allylic oxidation sites excluding steroid dienone is 2. The van der Waals surface area contributed by atoms with Gasteiger partial charge >= 0.3 is 29.8 Å². The molecule has 0 radical (unpaired) electrons. The lowest BCUT2D eigenvalue weighted by Crippen LogP contribution is -2.60. The maximum atomic E-state index is 14.3. The molecular formula is C42H58N6O13. The number of nitrogens with two attached hydrogens (primary N) is 1. The minimum atomic E-state index is -1.25. The Hall–Kier alpha value is -5.04. The normalized spacial score (nSPS) is 40.6. The second-order valence-corrected chi connectivity index (χ2v) is 19.2. The summed E-state index contributed by atoms with van der Waals surface area (Å²) in [5.74, 6) is -10.0. The summed E-state index contributed by atoms with van der Waals surface area (Å²) < 4.78 is 0. The van der Waals surface area contributed by atoms with Crippen molar-refractivity contribution in [2.45, 2.75) is 140 Å². The zero-order valence-electron chi connectivity index (χ0n) is 34.4. The summed E-state index contributed by atoms with van der Waals surface area (Å²) in [6.07, 6.45) is 1.25. The third-order valence-corrected chi connectivity index (χ3v) is 15.8. The summed E-state index contributed by atoms with van der Waals surface area (Å²) >= 11 is 0. The quantitative estimate of drug-likeness (QED) is 0.109. The summed E-state index contributed by atoms with van der Waals surface area (Å²) in [5, 5.41) is 67.9. The number of fused-ring (bicyclic) bond motifs is 6. The fourth-order valence-electron chi connectivity index (χ4n) is 13.2. The molecule has 6 heterocycles. The van der Waals surface area contributed by atoms with Crippen molar-refractivity contribution in [3.05, 3.63) is 23.0 Å². The lowest BCUT2D eigenvalue weighted by atomic mass is 9.63. The Bertz CT molecular complexity index is 1970. The minimum absolute atomic E-state index is 0.00407. The Balaban J connectivity index is 1.47. The molecule has 0 aromatic rings. The standard InChI is InChI=1S/C42H58N6O13/c1-40(16-30(43)50)22(5-9-33(54)55)27-15-42-41(2,17-31(51)48-42)23(6-10-34(56)57)26(47-42)13-24-20(11-35(58)59)19(4-8-32(52)53)39(45-24)37-28(49)7-3-18-21(12-36(60)61)25(46-38(18)37)14-29(40)44-27/h13,18-25,27,29,38,44-47H,3-12,14-17H2,1-2H3,(H2,43,50)(H,48,51)(H,52,53)(H,54,55)(H,56,57)(H,58,59)(H,60,61)/b26-13-,39-37?/t18-,19-,20-,21-,22+,23+,24?,25+,27-,29?,38?,40-,41-,42-/m0/s1. The second kappa shape index (κ2) is 16.3. The number of ketones is 1. The van der Waals surface area contributed by atoms with Crippen molar-refractivity contribution in [3.8, 4) is 0 Å². The molecule has 334 valence electrons. The Labute approximate surface area is 352 Å². The first-order valence-corrected chi connectivity index (χ1v) is 21.4. The molecule has 0 aromatic heterocycles.